The van der Waals surface area contributed by atoms with Crippen molar-refractivity contribution < 1.29 is 18.0 Å². The lowest BCUT2D eigenvalue weighted by atomic mass is 9.96. The largest absolute Gasteiger partial charge is 0.399 e. The first-order valence-corrected chi connectivity index (χ1v) is 11.0. The highest BCUT2D eigenvalue weighted by Crippen LogP contribution is 2.38. The smallest absolute Gasteiger partial charge is 0.348 e. The first kappa shape index (κ1) is 25.2. The highest BCUT2D eigenvalue weighted by molar-refractivity contribution is 6.34. The van der Waals surface area contributed by atoms with Gasteiger partial charge in [-0.3, -0.25) is 4.79 Å². The van der Waals surface area contributed by atoms with Gasteiger partial charge in [-0.25, -0.2) is 0 Å². The molecule has 0 saturated heterocycles. The van der Waals surface area contributed by atoms with Gasteiger partial charge in [-0.15, -0.1) is 0 Å². The van der Waals surface area contributed by atoms with Gasteiger partial charge < -0.3 is 5.32 Å². The number of benzene rings is 3. The Hall–Kier alpha value is -2.47. The summed E-state index contributed by atoms with van der Waals surface area (Å²) in [5.74, 6) is -2.16. The second-order valence-electron chi connectivity index (χ2n) is 7.46. The molecule has 33 heavy (non-hydrogen) atoms. The van der Waals surface area contributed by atoms with Crippen molar-refractivity contribution in [2.24, 2.45) is 0 Å². The Labute approximate surface area is 205 Å². The summed E-state index contributed by atoms with van der Waals surface area (Å²) in [6.07, 6.45) is -2.10. The fourth-order valence-corrected chi connectivity index (χ4v) is 3.97. The molecule has 0 aromatic heterocycles. The fraction of sp³-hybridized carbons (Fsp3) is 0.160. The van der Waals surface area contributed by atoms with E-state index in [0.29, 0.717) is 28.3 Å². The van der Waals surface area contributed by atoms with E-state index in [9.17, 15) is 18.0 Å². The quantitative estimate of drug-likeness (QED) is 0.354. The number of amides is 1. The van der Waals surface area contributed by atoms with E-state index in [1.165, 1.54) is 24.3 Å². The number of rotatable bonds is 6. The third-order valence-electron chi connectivity index (χ3n) is 4.94. The molecule has 1 unspecified atom stereocenters. The van der Waals surface area contributed by atoms with E-state index in [1.54, 1.807) is 37.3 Å². The van der Waals surface area contributed by atoms with Gasteiger partial charge in [0.1, 0.15) is 0 Å². The van der Waals surface area contributed by atoms with Gasteiger partial charge in [-0.1, -0.05) is 71.2 Å². The molecule has 0 fully saturated rings. The minimum atomic E-state index is -4.53. The summed E-state index contributed by atoms with van der Waals surface area (Å²) in [7, 11) is 0. The second kappa shape index (κ2) is 10.6. The maximum absolute atomic E-state index is 13.7. The monoisotopic (exact) mass is 511 g/mol. The van der Waals surface area contributed by atoms with Crippen LogP contribution in [-0.2, 0) is 6.54 Å². The van der Waals surface area contributed by atoms with Crippen molar-refractivity contribution in [3.63, 3.8) is 0 Å². The van der Waals surface area contributed by atoms with E-state index in [2.05, 4.69) is 5.32 Å². The molecular formula is C25H19Cl3F3NO. The molecule has 2 nitrogen and oxygen atoms in total. The van der Waals surface area contributed by atoms with Gasteiger partial charge in [0.15, 0.2) is 0 Å². The summed E-state index contributed by atoms with van der Waals surface area (Å²) < 4.78 is 41.0. The van der Waals surface area contributed by atoms with E-state index in [0.717, 1.165) is 11.6 Å². The number of aryl methyl sites for hydroxylation is 1. The van der Waals surface area contributed by atoms with Gasteiger partial charge in [0.25, 0.3) is 5.91 Å². The molecule has 0 aliphatic heterocycles. The molecule has 0 bridgehead atoms. The van der Waals surface area contributed by atoms with Gasteiger partial charge in [0.05, 0.1) is 5.92 Å². The van der Waals surface area contributed by atoms with Crippen molar-refractivity contribution >= 4 is 46.8 Å². The summed E-state index contributed by atoms with van der Waals surface area (Å²) >= 11 is 17.6. The van der Waals surface area contributed by atoms with Crippen LogP contribution in [0.1, 0.15) is 38.5 Å². The summed E-state index contributed by atoms with van der Waals surface area (Å²) in [6.45, 7) is 2.05. The van der Waals surface area contributed by atoms with Crippen LogP contribution < -0.4 is 5.32 Å². The van der Waals surface area contributed by atoms with Crippen molar-refractivity contribution in [3.8, 4) is 0 Å². The average molecular weight is 513 g/mol. The lowest BCUT2D eigenvalue weighted by Gasteiger charge is -2.18. The van der Waals surface area contributed by atoms with Crippen molar-refractivity contribution in [1.29, 1.82) is 0 Å². The van der Waals surface area contributed by atoms with Crippen LogP contribution in [0.25, 0.3) is 6.08 Å². The number of carbonyl (C=O) groups excluding carboxylic acids is 1. The molecule has 8 heteroatoms. The van der Waals surface area contributed by atoms with E-state index in [-0.39, 0.29) is 21.5 Å². The second-order valence-corrected chi connectivity index (χ2v) is 8.77. The van der Waals surface area contributed by atoms with Crippen molar-refractivity contribution in [2.75, 3.05) is 0 Å². The van der Waals surface area contributed by atoms with E-state index in [4.69, 9.17) is 34.8 Å². The zero-order valence-electron chi connectivity index (χ0n) is 17.4. The molecule has 3 rings (SSSR count). The fourth-order valence-electron chi connectivity index (χ4n) is 3.30. The summed E-state index contributed by atoms with van der Waals surface area (Å²) in [5.41, 5.74) is 2.45. The molecule has 1 N–H and O–H groups in total. The molecular weight excluding hydrogens is 494 g/mol. The molecule has 3 aromatic carbocycles. The molecule has 0 spiro atoms. The molecule has 0 heterocycles. The Morgan fingerprint density at radius 3 is 2.15 bits per heavy atom. The highest BCUT2D eigenvalue weighted by Gasteiger charge is 2.39. The molecule has 0 radical (unpaired) electrons. The molecule has 0 saturated carbocycles. The number of carbonyl (C=O) groups is 1. The van der Waals surface area contributed by atoms with Crippen LogP contribution in [-0.4, -0.2) is 12.1 Å². The van der Waals surface area contributed by atoms with Crippen molar-refractivity contribution in [3.05, 3.63) is 110 Å². The number of halogens is 6. The zero-order chi connectivity index (χ0) is 24.2. The summed E-state index contributed by atoms with van der Waals surface area (Å²) in [6, 6.07) is 15.8. The maximum atomic E-state index is 13.7. The van der Waals surface area contributed by atoms with E-state index in [1.807, 2.05) is 12.1 Å². The number of hydrogen-bond donors (Lipinski definition) is 1. The number of alkyl halides is 3. The van der Waals surface area contributed by atoms with Gasteiger partial charge in [0.2, 0.25) is 0 Å². The standard InChI is InChI=1S/C25H19Cl3F3NO/c1-15-10-16(4-8-22(15)24(33)32-14-17-2-6-19(26)7-3-17)5-9-23(25(29,30)31)18-11-20(27)13-21(28)12-18/h2-13,23H,14H2,1H3,(H,32,33). The molecule has 0 aliphatic rings. The SMILES string of the molecule is Cc1cc(C=CC(c2cc(Cl)cc(Cl)c2)C(F)(F)F)ccc1C(=O)NCc1ccc(Cl)cc1. The van der Waals surface area contributed by atoms with E-state index < -0.39 is 12.1 Å². The first-order valence-electron chi connectivity index (χ1n) is 9.87. The Bertz CT molecular complexity index is 1150. The first-order chi connectivity index (χ1) is 15.5. The van der Waals surface area contributed by atoms with Gasteiger partial charge in [0, 0.05) is 27.2 Å². The minimum Gasteiger partial charge on any atom is -0.348 e. The van der Waals surface area contributed by atoms with Crippen LogP contribution in [0, 0.1) is 6.92 Å². The van der Waals surface area contributed by atoms with Crippen LogP contribution in [0.3, 0.4) is 0 Å². The zero-order valence-corrected chi connectivity index (χ0v) is 19.7. The van der Waals surface area contributed by atoms with Gasteiger partial charge in [-0.2, -0.15) is 13.2 Å². The Balaban J connectivity index is 1.76. The number of hydrogen-bond acceptors (Lipinski definition) is 1. The maximum Gasteiger partial charge on any atom is 0.399 e. The molecule has 0 aliphatic carbocycles. The van der Waals surface area contributed by atoms with E-state index >= 15 is 0 Å². The predicted octanol–water partition coefficient (Wildman–Crippen LogP) is 8.24. The van der Waals surface area contributed by atoms with Crippen LogP contribution in [0.2, 0.25) is 15.1 Å². The Morgan fingerprint density at radius 1 is 0.939 bits per heavy atom. The molecule has 3 aromatic rings. The normalized spacial score (nSPS) is 12.7. The average Bonchev–Trinajstić information content (AvgIpc) is 2.71. The Morgan fingerprint density at radius 2 is 1.58 bits per heavy atom. The topological polar surface area (TPSA) is 29.1 Å². The van der Waals surface area contributed by atoms with Crippen molar-refractivity contribution in [2.45, 2.75) is 25.6 Å². The molecule has 172 valence electrons. The van der Waals surface area contributed by atoms with Crippen LogP contribution in [0.5, 0.6) is 0 Å². The third kappa shape index (κ3) is 7.00. The number of nitrogens with one attached hydrogen (secondary N) is 1. The minimum absolute atomic E-state index is 0.0498. The highest BCUT2D eigenvalue weighted by atomic mass is 35.5. The molecule has 1 atom stereocenters. The van der Waals surface area contributed by atoms with Crippen LogP contribution >= 0.6 is 34.8 Å². The van der Waals surface area contributed by atoms with Crippen LogP contribution in [0.15, 0.2) is 66.7 Å². The summed E-state index contributed by atoms with van der Waals surface area (Å²) in [4.78, 5) is 12.5. The van der Waals surface area contributed by atoms with Gasteiger partial charge >= 0.3 is 6.18 Å². The summed E-state index contributed by atoms with van der Waals surface area (Å²) in [5, 5.41) is 3.69. The predicted molar refractivity (Wildman–Crippen MR) is 128 cm³/mol. The van der Waals surface area contributed by atoms with Crippen molar-refractivity contribution in [1.82, 2.24) is 5.32 Å². The third-order valence-corrected chi connectivity index (χ3v) is 5.63. The Kier molecular flexibility index (Phi) is 8.11. The van der Waals surface area contributed by atoms with Gasteiger partial charge in [-0.05, 0) is 65.6 Å². The molecule has 1 amide bonds. The number of allylic oxidation sites excluding steroid dienone is 1. The lowest BCUT2D eigenvalue weighted by Crippen LogP contribution is -2.23. The van der Waals surface area contributed by atoms with Crippen LogP contribution in [0.4, 0.5) is 13.2 Å². The lowest BCUT2D eigenvalue weighted by molar-refractivity contribution is -0.139.